The third-order valence-electron chi connectivity index (χ3n) is 3.46. The zero-order valence-corrected chi connectivity index (χ0v) is 12.2. The molecule has 1 aromatic heterocycles. The van der Waals surface area contributed by atoms with Crippen LogP contribution in [0.25, 0.3) is 0 Å². The molecule has 1 atom stereocenters. The molecule has 3 rings (SSSR count). The highest BCUT2D eigenvalue weighted by atomic mass is 32.2. The van der Waals surface area contributed by atoms with Gasteiger partial charge in [-0.25, -0.2) is 4.39 Å². The maximum absolute atomic E-state index is 13.9. The molecule has 4 nitrogen and oxygen atoms in total. The smallest absolute Gasteiger partial charge is 0.240 e. The van der Waals surface area contributed by atoms with E-state index in [-0.39, 0.29) is 17.0 Å². The summed E-state index contributed by atoms with van der Waals surface area (Å²) in [7, 11) is 0. The molecule has 1 aliphatic rings. The summed E-state index contributed by atoms with van der Waals surface area (Å²) in [5.41, 5.74) is 1.19. The number of anilines is 1. The first-order valence-corrected chi connectivity index (χ1v) is 7.87. The van der Waals surface area contributed by atoms with E-state index in [9.17, 15) is 9.18 Å². The van der Waals surface area contributed by atoms with Crippen molar-refractivity contribution in [1.29, 1.82) is 0 Å². The molecule has 0 N–H and O–H groups in total. The van der Waals surface area contributed by atoms with Crippen molar-refractivity contribution in [2.24, 2.45) is 0 Å². The molecule has 2 aromatic rings. The molecular formula is C15H15FN2O2S. The maximum atomic E-state index is 13.9. The molecular weight excluding hydrogens is 291 g/mol. The second-order valence-corrected chi connectivity index (χ2v) is 6.06. The number of rotatable bonds is 4. The highest BCUT2D eigenvalue weighted by Crippen LogP contribution is 2.30. The van der Waals surface area contributed by atoms with Crippen molar-refractivity contribution < 1.29 is 13.7 Å². The number of carbonyl (C=O) groups excluding carboxylic acids is 1. The molecule has 0 bridgehead atoms. The molecule has 1 saturated heterocycles. The van der Waals surface area contributed by atoms with Gasteiger partial charge in [-0.15, -0.1) is 11.8 Å². The molecule has 0 saturated carbocycles. The van der Waals surface area contributed by atoms with Crippen molar-refractivity contribution in [3.05, 3.63) is 48.1 Å². The number of piperidine rings is 1. The van der Waals surface area contributed by atoms with Gasteiger partial charge in [-0.05, 0) is 25.0 Å². The van der Waals surface area contributed by atoms with Crippen LogP contribution < -0.4 is 4.90 Å². The minimum atomic E-state index is -0.354. The Kier molecular flexibility index (Phi) is 4.24. The van der Waals surface area contributed by atoms with E-state index >= 15 is 0 Å². The predicted molar refractivity (Wildman–Crippen MR) is 79.6 cm³/mol. The van der Waals surface area contributed by atoms with E-state index in [0.29, 0.717) is 18.0 Å². The Morgan fingerprint density at radius 3 is 3.00 bits per heavy atom. The van der Waals surface area contributed by atoms with Crippen LogP contribution in [0.3, 0.4) is 0 Å². The fraction of sp³-hybridized carbons (Fsp3) is 0.333. The lowest BCUT2D eigenvalue weighted by atomic mass is 10.1. The summed E-state index contributed by atoms with van der Waals surface area (Å²) in [6, 6.07) is 8.20. The third-order valence-corrected chi connectivity index (χ3v) is 4.76. The molecule has 1 aromatic carbocycles. The average Bonchev–Trinajstić information content (AvgIpc) is 3.00. The summed E-state index contributed by atoms with van der Waals surface area (Å²) < 4.78 is 18.6. The van der Waals surface area contributed by atoms with Crippen LogP contribution in [-0.4, -0.2) is 22.9 Å². The Balaban J connectivity index is 1.70. The Labute approximate surface area is 126 Å². The number of hydrogen-bond donors (Lipinski definition) is 0. The fourth-order valence-electron chi connectivity index (χ4n) is 2.40. The minimum absolute atomic E-state index is 0.0279. The van der Waals surface area contributed by atoms with E-state index in [1.807, 2.05) is 0 Å². The van der Waals surface area contributed by atoms with Gasteiger partial charge >= 0.3 is 0 Å². The first-order chi connectivity index (χ1) is 10.3. The number of amides is 1. The van der Waals surface area contributed by atoms with Crippen molar-refractivity contribution in [3.63, 3.8) is 0 Å². The number of thioether (sulfide) groups is 1. The Morgan fingerprint density at radius 2 is 2.24 bits per heavy atom. The number of nitrogens with zero attached hydrogens (tertiary/aromatic N) is 2. The first kappa shape index (κ1) is 14.1. The SMILES string of the molecule is O=C1C(SCc2ccon2)CCCN1c1ccccc1F. The largest absolute Gasteiger partial charge is 0.364 e. The third kappa shape index (κ3) is 3.10. The lowest BCUT2D eigenvalue weighted by Gasteiger charge is -2.32. The number of benzene rings is 1. The van der Waals surface area contributed by atoms with Crippen LogP contribution in [0.15, 0.2) is 41.1 Å². The monoisotopic (exact) mass is 306 g/mol. The molecule has 1 fully saturated rings. The van der Waals surface area contributed by atoms with E-state index in [2.05, 4.69) is 5.16 Å². The van der Waals surface area contributed by atoms with Gasteiger partial charge in [0.15, 0.2) is 0 Å². The fourth-order valence-corrected chi connectivity index (χ4v) is 3.53. The van der Waals surface area contributed by atoms with Crippen LogP contribution in [-0.2, 0) is 10.5 Å². The van der Waals surface area contributed by atoms with E-state index in [1.54, 1.807) is 29.2 Å². The van der Waals surface area contributed by atoms with Crippen LogP contribution >= 0.6 is 11.8 Å². The van der Waals surface area contributed by atoms with Gasteiger partial charge in [-0.2, -0.15) is 0 Å². The molecule has 1 aliphatic heterocycles. The summed E-state index contributed by atoms with van der Waals surface area (Å²) in [6.45, 7) is 0.570. The second-order valence-electron chi connectivity index (χ2n) is 4.87. The first-order valence-electron chi connectivity index (χ1n) is 6.82. The molecule has 0 radical (unpaired) electrons. The van der Waals surface area contributed by atoms with Crippen LogP contribution in [0.4, 0.5) is 10.1 Å². The Morgan fingerprint density at radius 1 is 1.38 bits per heavy atom. The lowest BCUT2D eigenvalue weighted by Crippen LogP contribution is -2.43. The summed E-state index contributed by atoms with van der Waals surface area (Å²) in [6.07, 6.45) is 3.20. The second kappa shape index (κ2) is 6.30. The normalized spacial score (nSPS) is 19.0. The van der Waals surface area contributed by atoms with Crippen molar-refractivity contribution in [2.75, 3.05) is 11.4 Å². The van der Waals surface area contributed by atoms with E-state index in [0.717, 1.165) is 18.5 Å². The van der Waals surface area contributed by atoms with Gasteiger partial charge in [-0.3, -0.25) is 4.79 Å². The van der Waals surface area contributed by atoms with Crippen LogP contribution in [0.2, 0.25) is 0 Å². The minimum Gasteiger partial charge on any atom is -0.364 e. The molecule has 1 unspecified atom stereocenters. The number of aromatic nitrogens is 1. The highest BCUT2D eigenvalue weighted by molar-refractivity contribution is 7.99. The van der Waals surface area contributed by atoms with Gasteiger partial charge in [0.25, 0.3) is 0 Å². The summed E-state index contributed by atoms with van der Waals surface area (Å²) in [4.78, 5) is 14.1. The molecule has 0 aliphatic carbocycles. The van der Waals surface area contributed by atoms with Crippen LogP contribution in [0, 0.1) is 5.82 Å². The van der Waals surface area contributed by atoms with Crippen LogP contribution in [0.5, 0.6) is 0 Å². The quantitative estimate of drug-likeness (QED) is 0.870. The topological polar surface area (TPSA) is 46.3 Å². The van der Waals surface area contributed by atoms with Gasteiger partial charge in [-0.1, -0.05) is 17.3 Å². The summed E-state index contributed by atoms with van der Waals surface area (Å²) in [5.74, 6) is 0.241. The predicted octanol–water partition coefficient (Wildman–Crippen LogP) is 3.24. The summed E-state index contributed by atoms with van der Waals surface area (Å²) >= 11 is 1.53. The van der Waals surface area contributed by atoms with Crippen LogP contribution in [0.1, 0.15) is 18.5 Å². The zero-order chi connectivity index (χ0) is 14.7. The van der Waals surface area contributed by atoms with E-state index in [1.165, 1.54) is 24.1 Å². The number of hydrogen-bond acceptors (Lipinski definition) is 4. The van der Waals surface area contributed by atoms with Gasteiger partial charge in [0.05, 0.1) is 16.6 Å². The number of halogens is 1. The Hall–Kier alpha value is -1.82. The molecule has 2 heterocycles. The zero-order valence-electron chi connectivity index (χ0n) is 11.4. The van der Waals surface area contributed by atoms with Gasteiger partial charge in [0.1, 0.15) is 12.1 Å². The number of carbonyl (C=O) groups is 1. The molecule has 110 valence electrons. The Bertz CT molecular complexity index is 618. The van der Waals surface area contributed by atoms with Crippen molar-refractivity contribution in [2.45, 2.75) is 23.8 Å². The van der Waals surface area contributed by atoms with Crippen molar-refractivity contribution >= 4 is 23.4 Å². The molecule has 6 heteroatoms. The number of para-hydroxylation sites is 1. The van der Waals surface area contributed by atoms with Crippen molar-refractivity contribution in [1.82, 2.24) is 5.16 Å². The van der Waals surface area contributed by atoms with E-state index in [4.69, 9.17) is 4.52 Å². The summed E-state index contributed by atoms with van der Waals surface area (Å²) in [5, 5.41) is 3.68. The lowest BCUT2D eigenvalue weighted by molar-refractivity contribution is -0.119. The van der Waals surface area contributed by atoms with Gasteiger partial charge in [0, 0.05) is 18.4 Å². The molecule has 21 heavy (non-hydrogen) atoms. The average molecular weight is 306 g/mol. The van der Waals surface area contributed by atoms with Gasteiger partial charge in [0.2, 0.25) is 5.91 Å². The van der Waals surface area contributed by atoms with Gasteiger partial charge < -0.3 is 9.42 Å². The molecule has 0 spiro atoms. The highest BCUT2D eigenvalue weighted by Gasteiger charge is 2.31. The molecule has 1 amide bonds. The maximum Gasteiger partial charge on any atom is 0.240 e. The van der Waals surface area contributed by atoms with E-state index < -0.39 is 0 Å². The standard InChI is InChI=1S/C15H15FN2O2S/c16-12-4-1-2-5-13(12)18-8-3-6-14(15(18)19)21-10-11-7-9-20-17-11/h1-2,4-5,7,9,14H,3,6,8,10H2. The van der Waals surface area contributed by atoms with Crippen molar-refractivity contribution in [3.8, 4) is 0 Å².